The third-order valence-corrected chi connectivity index (χ3v) is 2.57. The maximum absolute atomic E-state index is 5.81. The SMILES string of the molecule is C\C=C/C=C(\C=C/C)Oc1ccc(C(C)C)cc1. The minimum Gasteiger partial charge on any atom is -0.457 e. The Bertz CT molecular complexity index is 433. The molecule has 0 aliphatic heterocycles. The normalized spacial score (nSPS) is 12.8. The van der Waals surface area contributed by atoms with E-state index in [-0.39, 0.29) is 0 Å². The first-order valence-corrected chi connectivity index (χ1v) is 6.41. The molecule has 0 spiro atoms. The van der Waals surface area contributed by atoms with Crippen LogP contribution in [0, 0.1) is 0 Å². The van der Waals surface area contributed by atoms with Gasteiger partial charge in [-0.15, -0.1) is 0 Å². The summed E-state index contributed by atoms with van der Waals surface area (Å²) in [6.45, 7) is 8.34. The molecule has 1 aromatic carbocycles. The van der Waals surface area contributed by atoms with Crippen molar-refractivity contribution in [3.05, 3.63) is 66.0 Å². The number of benzene rings is 1. The molecular formula is C17H22O. The van der Waals surface area contributed by atoms with Gasteiger partial charge < -0.3 is 4.74 Å². The van der Waals surface area contributed by atoms with Gasteiger partial charge in [0.05, 0.1) is 0 Å². The van der Waals surface area contributed by atoms with Gasteiger partial charge in [0.2, 0.25) is 0 Å². The lowest BCUT2D eigenvalue weighted by Crippen LogP contribution is -1.93. The lowest BCUT2D eigenvalue weighted by atomic mass is 10.0. The van der Waals surface area contributed by atoms with Crippen LogP contribution in [0.25, 0.3) is 0 Å². The summed E-state index contributed by atoms with van der Waals surface area (Å²) in [5.41, 5.74) is 1.33. The second-order valence-corrected chi connectivity index (χ2v) is 4.42. The Hall–Kier alpha value is -1.76. The minimum absolute atomic E-state index is 0.549. The van der Waals surface area contributed by atoms with E-state index in [0.717, 1.165) is 11.5 Å². The molecule has 0 saturated carbocycles. The Labute approximate surface area is 110 Å². The van der Waals surface area contributed by atoms with Crippen molar-refractivity contribution in [2.24, 2.45) is 0 Å². The molecule has 1 aromatic rings. The van der Waals surface area contributed by atoms with E-state index in [1.165, 1.54) is 5.56 Å². The van der Waals surface area contributed by atoms with E-state index < -0.39 is 0 Å². The summed E-state index contributed by atoms with van der Waals surface area (Å²) in [6.07, 6.45) is 9.83. The quantitative estimate of drug-likeness (QED) is 0.507. The lowest BCUT2D eigenvalue weighted by molar-refractivity contribution is 0.444. The van der Waals surface area contributed by atoms with Gasteiger partial charge in [0.15, 0.2) is 0 Å². The molecule has 0 atom stereocenters. The molecule has 0 N–H and O–H groups in total. The Morgan fingerprint density at radius 2 is 1.72 bits per heavy atom. The molecule has 18 heavy (non-hydrogen) atoms. The maximum atomic E-state index is 5.81. The zero-order chi connectivity index (χ0) is 13.4. The van der Waals surface area contributed by atoms with Crippen molar-refractivity contribution in [2.75, 3.05) is 0 Å². The highest BCUT2D eigenvalue weighted by molar-refractivity contribution is 5.32. The Kier molecular flexibility index (Phi) is 5.99. The number of hydrogen-bond acceptors (Lipinski definition) is 1. The fraction of sp³-hybridized carbons (Fsp3) is 0.294. The standard InChI is InChI=1S/C17H22O/c1-5-7-9-16(8-6-2)18-17-12-10-15(11-13-17)14(3)4/h5-14H,1-4H3/b7-5-,8-6-,16-9+. The van der Waals surface area contributed by atoms with Crippen molar-refractivity contribution in [1.82, 2.24) is 0 Å². The van der Waals surface area contributed by atoms with Gasteiger partial charge >= 0.3 is 0 Å². The fourth-order valence-corrected chi connectivity index (χ4v) is 1.54. The first-order chi connectivity index (χ1) is 8.67. The van der Waals surface area contributed by atoms with Crippen molar-refractivity contribution in [2.45, 2.75) is 33.6 Å². The number of hydrogen-bond donors (Lipinski definition) is 0. The van der Waals surface area contributed by atoms with Gasteiger partial charge in [0.1, 0.15) is 11.5 Å². The molecule has 0 fully saturated rings. The highest BCUT2D eigenvalue weighted by atomic mass is 16.5. The molecule has 0 unspecified atom stereocenters. The van der Waals surface area contributed by atoms with Crippen LogP contribution in [0.15, 0.2) is 60.4 Å². The molecule has 0 aromatic heterocycles. The largest absolute Gasteiger partial charge is 0.457 e. The van der Waals surface area contributed by atoms with Gasteiger partial charge in [-0.2, -0.15) is 0 Å². The van der Waals surface area contributed by atoms with Gasteiger partial charge in [-0.3, -0.25) is 0 Å². The highest BCUT2D eigenvalue weighted by Crippen LogP contribution is 2.20. The molecule has 0 heterocycles. The van der Waals surface area contributed by atoms with E-state index in [9.17, 15) is 0 Å². The molecule has 0 aliphatic rings. The second kappa shape index (κ2) is 7.54. The van der Waals surface area contributed by atoms with Crippen molar-refractivity contribution >= 4 is 0 Å². The molecule has 1 nitrogen and oxygen atoms in total. The number of allylic oxidation sites excluding steroid dienone is 5. The average Bonchev–Trinajstić information content (AvgIpc) is 2.37. The summed E-state index contributed by atoms with van der Waals surface area (Å²) in [6, 6.07) is 8.26. The molecule has 0 saturated heterocycles. The van der Waals surface area contributed by atoms with Gasteiger partial charge in [-0.1, -0.05) is 44.2 Å². The summed E-state index contributed by atoms with van der Waals surface area (Å²) in [5, 5.41) is 0. The molecule has 0 aliphatic carbocycles. The Morgan fingerprint density at radius 3 is 2.22 bits per heavy atom. The molecular weight excluding hydrogens is 220 g/mol. The smallest absolute Gasteiger partial charge is 0.127 e. The zero-order valence-electron chi connectivity index (χ0n) is 11.7. The van der Waals surface area contributed by atoms with Crippen molar-refractivity contribution in [3.63, 3.8) is 0 Å². The molecule has 0 amide bonds. The monoisotopic (exact) mass is 242 g/mol. The molecule has 1 rings (SSSR count). The Balaban J connectivity index is 2.81. The topological polar surface area (TPSA) is 9.23 Å². The van der Waals surface area contributed by atoms with E-state index >= 15 is 0 Å². The number of ether oxygens (including phenoxy) is 1. The highest BCUT2D eigenvalue weighted by Gasteiger charge is 2.00. The summed E-state index contributed by atoms with van der Waals surface area (Å²) in [5.74, 6) is 2.26. The third-order valence-electron chi connectivity index (χ3n) is 2.57. The van der Waals surface area contributed by atoms with Crippen LogP contribution in [0.3, 0.4) is 0 Å². The van der Waals surface area contributed by atoms with Gasteiger partial charge in [-0.05, 0) is 49.6 Å². The van der Waals surface area contributed by atoms with E-state index in [1.54, 1.807) is 0 Å². The number of rotatable bonds is 5. The van der Waals surface area contributed by atoms with Crippen LogP contribution >= 0.6 is 0 Å². The first kappa shape index (κ1) is 14.3. The minimum atomic E-state index is 0.549. The average molecular weight is 242 g/mol. The molecule has 0 radical (unpaired) electrons. The lowest BCUT2D eigenvalue weighted by Gasteiger charge is -2.09. The van der Waals surface area contributed by atoms with Crippen LogP contribution in [0.2, 0.25) is 0 Å². The van der Waals surface area contributed by atoms with Crippen LogP contribution < -0.4 is 4.74 Å². The third kappa shape index (κ3) is 4.62. The van der Waals surface area contributed by atoms with E-state index in [0.29, 0.717) is 5.92 Å². The van der Waals surface area contributed by atoms with Gasteiger partial charge in [-0.25, -0.2) is 0 Å². The second-order valence-electron chi connectivity index (χ2n) is 4.42. The summed E-state index contributed by atoms with van der Waals surface area (Å²) in [4.78, 5) is 0. The van der Waals surface area contributed by atoms with Crippen molar-refractivity contribution in [3.8, 4) is 5.75 Å². The van der Waals surface area contributed by atoms with Crippen molar-refractivity contribution < 1.29 is 4.74 Å². The fourth-order valence-electron chi connectivity index (χ4n) is 1.54. The molecule has 0 bridgehead atoms. The van der Waals surface area contributed by atoms with Crippen LogP contribution in [0.4, 0.5) is 0 Å². The van der Waals surface area contributed by atoms with Gasteiger partial charge in [0.25, 0.3) is 0 Å². The van der Waals surface area contributed by atoms with E-state index in [1.807, 2.05) is 56.4 Å². The molecule has 1 heteroatoms. The summed E-state index contributed by atoms with van der Waals surface area (Å²) < 4.78 is 5.81. The van der Waals surface area contributed by atoms with Crippen LogP contribution in [0.1, 0.15) is 39.2 Å². The first-order valence-electron chi connectivity index (χ1n) is 6.41. The van der Waals surface area contributed by atoms with Crippen LogP contribution in [-0.4, -0.2) is 0 Å². The maximum Gasteiger partial charge on any atom is 0.127 e. The van der Waals surface area contributed by atoms with Crippen LogP contribution in [-0.2, 0) is 0 Å². The predicted molar refractivity (Wildman–Crippen MR) is 78.9 cm³/mol. The predicted octanol–water partition coefficient (Wildman–Crippen LogP) is 5.22. The molecule has 96 valence electrons. The van der Waals surface area contributed by atoms with E-state index in [2.05, 4.69) is 26.0 Å². The zero-order valence-corrected chi connectivity index (χ0v) is 11.7. The van der Waals surface area contributed by atoms with Gasteiger partial charge in [0, 0.05) is 0 Å². The summed E-state index contributed by atoms with van der Waals surface area (Å²) in [7, 11) is 0. The van der Waals surface area contributed by atoms with Crippen LogP contribution in [0.5, 0.6) is 5.75 Å². The Morgan fingerprint density at radius 1 is 1.06 bits per heavy atom. The summed E-state index contributed by atoms with van der Waals surface area (Å²) >= 11 is 0. The van der Waals surface area contributed by atoms with E-state index in [4.69, 9.17) is 4.74 Å². The van der Waals surface area contributed by atoms with Crippen molar-refractivity contribution in [1.29, 1.82) is 0 Å².